The van der Waals surface area contributed by atoms with Crippen LogP contribution in [0.1, 0.15) is 63.4 Å². The summed E-state index contributed by atoms with van der Waals surface area (Å²) in [5, 5.41) is 12.2. The van der Waals surface area contributed by atoms with Gasteiger partial charge in [-0.05, 0) is 31.7 Å². The number of amides is 1. The average Bonchev–Trinajstić information content (AvgIpc) is 2.74. The van der Waals surface area contributed by atoms with E-state index in [-0.39, 0.29) is 11.5 Å². The van der Waals surface area contributed by atoms with Gasteiger partial charge in [0.25, 0.3) is 11.7 Å². The predicted octanol–water partition coefficient (Wildman–Crippen LogP) is 1.04. The molecule has 0 atom stereocenters. The van der Waals surface area contributed by atoms with Crippen LogP contribution in [-0.2, 0) is 29.0 Å². The van der Waals surface area contributed by atoms with E-state index < -0.39 is 0 Å². The number of rotatable bonds is 7. The second kappa shape index (κ2) is 9.97. The van der Waals surface area contributed by atoms with E-state index in [0.717, 1.165) is 67.1 Å². The van der Waals surface area contributed by atoms with Crippen LogP contribution >= 0.6 is 0 Å². The van der Waals surface area contributed by atoms with Crippen molar-refractivity contribution < 1.29 is 19.8 Å². The summed E-state index contributed by atoms with van der Waals surface area (Å²) < 4.78 is 6.02. The Hall–Kier alpha value is -2.17. The number of nitrogens with one attached hydrogen (secondary N) is 1. The Morgan fingerprint density at radius 2 is 1.97 bits per heavy atom. The lowest BCUT2D eigenvalue weighted by molar-refractivity contribution is -0.645. The molecule has 7 nitrogen and oxygen atoms in total. The van der Waals surface area contributed by atoms with Crippen molar-refractivity contribution in [2.75, 3.05) is 44.2 Å². The summed E-state index contributed by atoms with van der Waals surface area (Å²) >= 11 is 0. The Morgan fingerprint density at radius 3 is 2.58 bits per heavy atom. The quantitative estimate of drug-likeness (QED) is 0.656. The van der Waals surface area contributed by atoms with Crippen molar-refractivity contribution in [2.24, 2.45) is 5.92 Å². The molecule has 2 aliphatic heterocycles. The number of aryl methyl sites for hydroxylation is 1. The first-order valence-corrected chi connectivity index (χ1v) is 11.7. The highest BCUT2D eigenvalue weighted by Crippen LogP contribution is 2.34. The molecule has 1 amide bonds. The minimum Gasteiger partial charge on any atom is -0.370 e. The van der Waals surface area contributed by atoms with Gasteiger partial charge in [-0.3, -0.25) is 9.69 Å². The van der Waals surface area contributed by atoms with Gasteiger partial charge in [0.05, 0.1) is 31.8 Å². The number of ether oxygens (including phenoxy) is 1. The maximum Gasteiger partial charge on any atom is 0.293 e. The smallest absolute Gasteiger partial charge is 0.293 e. The number of carbonyl (C=O) groups excluding carboxylic acids is 1. The zero-order valence-electron chi connectivity index (χ0n) is 19.9. The van der Waals surface area contributed by atoms with Crippen LogP contribution in [0.2, 0.25) is 0 Å². The monoisotopic (exact) mass is 429 g/mol. The molecule has 0 unspecified atom stereocenters. The van der Waals surface area contributed by atoms with Gasteiger partial charge in [0.2, 0.25) is 0 Å². The molecule has 0 aromatic carbocycles. The van der Waals surface area contributed by atoms with E-state index in [9.17, 15) is 10.1 Å². The third-order valence-electron chi connectivity index (χ3n) is 6.43. The molecule has 0 spiro atoms. The lowest BCUT2D eigenvalue weighted by Crippen LogP contribution is -2.87. The highest BCUT2D eigenvalue weighted by molar-refractivity contribution is 5.77. The molecule has 0 aliphatic carbocycles. The molecule has 3 N–H and O–H groups in total. The lowest BCUT2D eigenvalue weighted by Gasteiger charge is -2.34. The number of aromatic nitrogens is 1. The van der Waals surface area contributed by atoms with Crippen molar-refractivity contribution in [1.29, 1.82) is 5.26 Å². The zero-order valence-corrected chi connectivity index (χ0v) is 19.9. The van der Waals surface area contributed by atoms with E-state index in [1.165, 1.54) is 0 Å². The van der Waals surface area contributed by atoms with Crippen LogP contribution in [0.25, 0.3) is 0 Å². The Kier molecular flexibility index (Phi) is 7.55. The number of fused-ring (bicyclic) bond motifs is 1. The Labute approximate surface area is 186 Å². The molecule has 2 aliphatic rings. The summed E-state index contributed by atoms with van der Waals surface area (Å²) in [6, 6.07) is 2.47. The van der Waals surface area contributed by atoms with Gasteiger partial charge < -0.3 is 15.0 Å². The highest BCUT2D eigenvalue weighted by atomic mass is 16.5. The van der Waals surface area contributed by atoms with E-state index in [1.54, 1.807) is 0 Å². The van der Waals surface area contributed by atoms with Crippen LogP contribution in [0.3, 0.4) is 0 Å². The fourth-order valence-electron chi connectivity index (χ4n) is 4.52. The largest absolute Gasteiger partial charge is 0.370 e. The van der Waals surface area contributed by atoms with Crippen LogP contribution in [0, 0.1) is 17.2 Å². The second-order valence-electron chi connectivity index (χ2n) is 9.81. The van der Waals surface area contributed by atoms with Gasteiger partial charge in [0.1, 0.15) is 30.4 Å². The molecule has 170 valence electrons. The maximum absolute atomic E-state index is 12.6. The van der Waals surface area contributed by atoms with E-state index in [4.69, 9.17) is 4.74 Å². The first-order chi connectivity index (χ1) is 14.8. The van der Waals surface area contributed by atoms with Gasteiger partial charge in [0.15, 0.2) is 6.54 Å². The molecule has 1 aromatic rings. The van der Waals surface area contributed by atoms with E-state index in [2.05, 4.69) is 55.9 Å². The number of pyridine rings is 1. The van der Waals surface area contributed by atoms with Crippen LogP contribution in [0.5, 0.6) is 0 Å². The van der Waals surface area contributed by atoms with Crippen LogP contribution < -0.4 is 15.2 Å². The van der Waals surface area contributed by atoms with Crippen molar-refractivity contribution >= 4 is 11.7 Å². The van der Waals surface area contributed by atoms with Crippen molar-refractivity contribution in [1.82, 2.24) is 4.90 Å². The number of carbonyl (C=O) groups is 1. The number of anilines is 1. The second-order valence-corrected chi connectivity index (χ2v) is 9.81. The number of H-pyrrole nitrogens is 1. The predicted molar refractivity (Wildman–Crippen MR) is 120 cm³/mol. The highest BCUT2D eigenvalue weighted by Gasteiger charge is 2.36. The van der Waals surface area contributed by atoms with Crippen LogP contribution in [-0.4, -0.2) is 55.7 Å². The molecule has 0 bridgehead atoms. The normalized spacial score (nSPS) is 18.1. The van der Waals surface area contributed by atoms with E-state index in [0.29, 0.717) is 32.2 Å². The van der Waals surface area contributed by atoms with Gasteiger partial charge >= 0.3 is 0 Å². The zero-order chi connectivity index (χ0) is 22.6. The van der Waals surface area contributed by atoms with Crippen LogP contribution in [0.4, 0.5) is 5.82 Å². The van der Waals surface area contributed by atoms with Crippen molar-refractivity contribution in [3.63, 3.8) is 0 Å². The van der Waals surface area contributed by atoms with E-state index >= 15 is 0 Å². The van der Waals surface area contributed by atoms with Crippen LogP contribution in [0.15, 0.2) is 0 Å². The Bertz CT molecular complexity index is 835. The number of quaternary nitrogens is 1. The van der Waals surface area contributed by atoms with Crippen molar-refractivity contribution in [2.45, 2.75) is 66.1 Å². The summed E-state index contributed by atoms with van der Waals surface area (Å²) in [6.07, 6.45) is 2.74. The maximum atomic E-state index is 12.6. The number of piperazine rings is 1. The third-order valence-corrected chi connectivity index (χ3v) is 6.43. The number of hydrogen-bond donors (Lipinski definition) is 1. The average molecular weight is 430 g/mol. The fourth-order valence-corrected chi connectivity index (χ4v) is 4.52. The van der Waals surface area contributed by atoms with Gasteiger partial charge in [-0.25, -0.2) is 4.98 Å². The molecule has 3 heterocycles. The topological polar surface area (TPSA) is 87.3 Å². The number of hydrogen-bond acceptors (Lipinski definition) is 4. The number of nitrogens with zero attached hydrogens (tertiary/aromatic N) is 3. The molecular formula is C24H39N5O2+2. The van der Waals surface area contributed by atoms with Gasteiger partial charge in [-0.15, -0.1) is 0 Å². The first kappa shape index (κ1) is 23.5. The Morgan fingerprint density at radius 1 is 1.26 bits per heavy atom. The molecule has 0 radical (unpaired) electrons. The minimum atomic E-state index is -0.264. The SMILES string of the molecule is CCc1[nH+]c(N2CCN(C(=O)C[NH2+]CCC(C)C)CC2)c(C#N)c2c1COC(C)(C)C2. The summed E-state index contributed by atoms with van der Waals surface area (Å²) in [6.45, 7) is 15.7. The summed E-state index contributed by atoms with van der Waals surface area (Å²) in [5.41, 5.74) is 3.90. The summed E-state index contributed by atoms with van der Waals surface area (Å²) in [7, 11) is 0. The van der Waals surface area contributed by atoms with Gasteiger partial charge in [-0.1, -0.05) is 20.8 Å². The van der Waals surface area contributed by atoms with Gasteiger partial charge in [-0.2, -0.15) is 5.26 Å². The Balaban J connectivity index is 1.70. The van der Waals surface area contributed by atoms with Gasteiger partial charge in [0, 0.05) is 18.4 Å². The molecule has 31 heavy (non-hydrogen) atoms. The first-order valence-electron chi connectivity index (χ1n) is 11.7. The molecule has 1 aromatic heterocycles. The van der Waals surface area contributed by atoms with E-state index in [1.807, 2.05) is 4.90 Å². The molecule has 3 rings (SSSR count). The standard InChI is InChI=1S/C24H37N5O2/c1-6-21-20-16-31-24(4,5)13-18(20)19(14-25)23(27-21)29-11-9-28(10-12-29)22(30)15-26-8-7-17(2)3/h17,26H,6-13,15-16H2,1-5H3/p+2. The molecular weight excluding hydrogens is 390 g/mol. The molecule has 1 saturated heterocycles. The molecule has 0 saturated carbocycles. The summed E-state index contributed by atoms with van der Waals surface area (Å²) in [4.78, 5) is 20.3. The molecule has 7 heteroatoms. The minimum absolute atomic E-state index is 0.214. The lowest BCUT2D eigenvalue weighted by atomic mass is 9.87. The molecule has 1 fully saturated rings. The van der Waals surface area contributed by atoms with Crippen molar-refractivity contribution in [3.8, 4) is 6.07 Å². The number of nitriles is 1. The summed E-state index contributed by atoms with van der Waals surface area (Å²) in [5.74, 6) is 1.79. The van der Waals surface area contributed by atoms with Crippen molar-refractivity contribution in [3.05, 3.63) is 22.4 Å². The number of nitrogens with two attached hydrogens (primary N) is 1. The fraction of sp³-hybridized carbons (Fsp3) is 0.708. The third kappa shape index (κ3) is 5.55. The number of aromatic amines is 1.